The highest BCUT2D eigenvalue weighted by Crippen LogP contribution is 2.28. The number of carbonyl (C=O) groups is 1. The predicted molar refractivity (Wildman–Crippen MR) is 85.9 cm³/mol. The Bertz CT molecular complexity index is 466. The number of amides is 1. The zero-order chi connectivity index (χ0) is 15.2. The third-order valence-electron chi connectivity index (χ3n) is 3.99. The van der Waals surface area contributed by atoms with Crippen LogP contribution in [0, 0.1) is 5.92 Å². The summed E-state index contributed by atoms with van der Waals surface area (Å²) in [5.74, 6) is 1.78. The molecule has 1 aliphatic rings. The average molecular weight is 290 g/mol. The van der Waals surface area contributed by atoms with Gasteiger partial charge in [-0.05, 0) is 24.5 Å². The molecule has 0 bridgehead atoms. The monoisotopic (exact) mass is 290 g/mol. The summed E-state index contributed by atoms with van der Waals surface area (Å²) in [7, 11) is 1.70. The van der Waals surface area contributed by atoms with E-state index >= 15 is 0 Å². The lowest BCUT2D eigenvalue weighted by Gasteiger charge is -2.36. The number of para-hydroxylation sites is 2. The van der Waals surface area contributed by atoms with Crippen LogP contribution in [-0.2, 0) is 4.79 Å². The maximum Gasteiger partial charge on any atom is 0.222 e. The topological polar surface area (TPSA) is 32.8 Å². The molecule has 1 saturated heterocycles. The Morgan fingerprint density at radius 1 is 1.19 bits per heavy atom. The minimum Gasteiger partial charge on any atom is -0.495 e. The van der Waals surface area contributed by atoms with E-state index < -0.39 is 0 Å². The van der Waals surface area contributed by atoms with Crippen LogP contribution in [0.3, 0.4) is 0 Å². The molecule has 1 fully saturated rings. The standard InChI is InChI=1S/C17H26N2O2/c1-14(2)8-9-17(20)19-12-10-18(11-13-19)15-6-4-5-7-16(15)21-3/h4-7,14H,8-13H2,1-3H3. The first-order valence-corrected chi connectivity index (χ1v) is 7.77. The number of benzene rings is 1. The minimum atomic E-state index is 0.295. The second kappa shape index (κ2) is 7.34. The fraction of sp³-hybridized carbons (Fsp3) is 0.588. The predicted octanol–water partition coefficient (Wildman–Crippen LogP) is 2.78. The molecule has 2 rings (SSSR count). The number of piperazine rings is 1. The molecule has 1 aromatic rings. The number of ether oxygens (including phenoxy) is 1. The summed E-state index contributed by atoms with van der Waals surface area (Å²) in [5.41, 5.74) is 1.12. The average Bonchev–Trinajstić information content (AvgIpc) is 2.52. The van der Waals surface area contributed by atoms with Crippen LogP contribution in [0.5, 0.6) is 5.75 Å². The highest BCUT2D eigenvalue weighted by atomic mass is 16.5. The van der Waals surface area contributed by atoms with Crippen molar-refractivity contribution in [1.82, 2.24) is 4.90 Å². The molecule has 4 heteroatoms. The van der Waals surface area contributed by atoms with Gasteiger partial charge in [-0.25, -0.2) is 0 Å². The number of hydrogen-bond donors (Lipinski definition) is 0. The van der Waals surface area contributed by atoms with Gasteiger partial charge in [0, 0.05) is 32.6 Å². The van der Waals surface area contributed by atoms with Crippen molar-refractivity contribution in [3.8, 4) is 5.75 Å². The van der Waals surface area contributed by atoms with Gasteiger partial charge < -0.3 is 14.5 Å². The zero-order valence-corrected chi connectivity index (χ0v) is 13.3. The van der Waals surface area contributed by atoms with Crippen LogP contribution in [0.1, 0.15) is 26.7 Å². The van der Waals surface area contributed by atoms with Gasteiger partial charge in [-0.15, -0.1) is 0 Å². The van der Waals surface area contributed by atoms with E-state index in [1.807, 2.05) is 23.1 Å². The van der Waals surface area contributed by atoms with Crippen molar-refractivity contribution < 1.29 is 9.53 Å². The van der Waals surface area contributed by atoms with Crippen LogP contribution in [0.2, 0.25) is 0 Å². The molecule has 0 aliphatic carbocycles. The van der Waals surface area contributed by atoms with Crippen LogP contribution in [0.4, 0.5) is 5.69 Å². The summed E-state index contributed by atoms with van der Waals surface area (Å²) in [6.07, 6.45) is 1.65. The molecule has 0 aromatic heterocycles. The SMILES string of the molecule is COc1ccccc1N1CCN(C(=O)CCC(C)C)CC1. The molecular formula is C17H26N2O2. The molecule has 0 atom stereocenters. The Kier molecular flexibility index (Phi) is 5.48. The molecular weight excluding hydrogens is 264 g/mol. The Morgan fingerprint density at radius 2 is 1.86 bits per heavy atom. The second-order valence-corrected chi connectivity index (χ2v) is 5.97. The van der Waals surface area contributed by atoms with Crippen LogP contribution >= 0.6 is 0 Å². The molecule has 4 nitrogen and oxygen atoms in total. The summed E-state index contributed by atoms with van der Waals surface area (Å²) in [6.45, 7) is 7.66. The van der Waals surface area contributed by atoms with E-state index in [1.54, 1.807) is 7.11 Å². The normalized spacial score (nSPS) is 15.4. The molecule has 0 unspecified atom stereocenters. The summed E-state index contributed by atoms with van der Waals surface area (Å²) in [4.78, 5) is 16.4. The Hall–Kier alpha value is -1.71. The minimum absolute atomic E-state index is 0.295. The smallest absolute Gasteiger partial charge is 0.222 e. The Morgan fingerprint density at radius 3 is 2.48 bits per heavy atom. The largest absolute Gasteiger partial charge is 0.495 e. The highest BCUT2D eigenvalue weighted by molar-refractivity contribution is 5.76. The maximum atomic E-state index is 12.2. The lowest BCUT2D eigenvalue weighted by Crippen LogP contribution is -2.48. The molecule has 1 amide bonds. The number of hydrogen-bond acceptors (Lipinski definition) is 3. The molecule has 116 valence electrons. The molecule has 0 N–H and O–H groups in total. The number of rotatable bonds is 5. The first-order valence-electron chi connectivity index (χ1n) is 7.77. The van der Waals surface area contributed by atoms with Crippen LogP contribution in [-0.4, -0.2) is 44.1 Å². The molecule has 21 heavy (non-hydrogen) atoms. The first-order chi connectivity index (χ1) is 10.1. The van der Waals surface area contributed by atoms with E-state index in [9.17, 15) is 4.79 Å². The number of methoxy groups -OCH3 is 1. The summed E-state index contributed by atoms with van der Waals surface area (Å²) >= 11 is 0. The third kappa shape index (κ3) is 4.13. The van der Waals surface area contributed by atoms with E-state index in [4.69, 9.17) is 4.74 Å². The van der Waals surface area contributed by atoms with Gasteiger partial charge in [0.05, 0.1) is 12.8 Å². The van der Waals surface area contributed by atoms with Crippen molar-refractivity contribution in [2.24, 2.45) is 5.92 Å². The lowest BCUT2D eigenvalue weighted by molar-refractivity contribution is -0.131. The van der Waals surface area contributed by atoms with E-state index in [1.165, 1.54) is 0 Å². The van der Waals surface area contributed by atoms with Crippen molar-refractivity contribution in [3.05, 3.63) is 24.3 Å². The van der Waals surface area contributed by atoms with E-state index in [0.717, 1.165) is 44.0 Å². The zero-order valence-electron chi connectivity index (χ0n) is 13.3. The fourth-order valence-corrected chi connectivity index (χ4v) is 2.66. The quantitative estimate of drug-likeness (QED) is 0.836. The number of nitrogens with zero attached hydrogens (tertiary/aromatic N) is 2. The summed E-state index contributed by atoms with van der Waals surface area (Å²) < 4.78 is 5.42. The summed E-state index contributed by atoms with van der Waals surface area (Å²) in [6, 6.07) is 8.07. The lowest BCUT2D eigenvalue weighted by atomic mass is 10.1. The van der Waals surface area contributed by atoms with Crippen molar-refractivity contribution in [3.63, 3.8) is 0 Å². The van der Waals surface area contributed by atoms with Gasteiger partial charge in [0.1, 0.15) is 5.75 Å². The molecule has 1 heterocycles. The van der Waals surface area contributed by atoms with Gasteiger partial charge in [-0.1, -0.05) is 26.0 Å². The van der Waals surface area contributed by atoms with Crippen LogP contribution in [0.25, 0.3) is 0 Å². The fourth-order valence-electron chi connectivity index (χ4n) is 2.66. The van der Waals surface area contributed by atoms with E-state index in [-0.39, 0.29) is 0 Å². The van der Waals surface area contributed by atoms with Crippen LogP contribution < -0.4 is 9.64 Å². The van der Waals surface area contributed by atoms with Gasteiger partial charge >= 0.3 is 0 Å². The second-order valence-electron chi connectivity index (χ2n) is 5.97. The Balaban J connectivity index is 1.89. The number of anilines is 1. The van der Waals surface area contributed by atoms with Gasteiger partial charge in [0.15, 0.2) is 0 Å². The Labute approximate surface area is 127 Å². The van der Waals surface area contributed by atoms with Gasteiger partial charge in [-0.3, -0.25) is 4.79 Å². The maximum absolute atomic E-state index is 12.2. The molecule has 0 spiro atoms. The van der Waals surface area contributed by atoms with Gasteiger partial charge in [0.25, 0.3) is 0 Å². The van der Waals surface area contributed by atoms with Crippen molar-refractivity contribution in [1.29, 1.82) is 0 Å². The van der Waals surface area contributed by atoms with E-state index in [2.05, 4.69) is 24.8 Å². The highest BCUT2D eigenvalue weighted by Gasteiger charge is 2.22. The molecule has 1 aliphatic heterocycles. The van der Waals surface area contributed by atoms with Crippen molar-refractivity contribution in [2.45, 2.75) is 26.7 Å². The number of carbonyl (C=O) groups excluding carboxylic acids is 1. The van der Waals surface area contributed by atoms with E-state index in [0.29, 0.717) is 18.2 Å². The van der Waals surface area contributed by atoms with Gasteiger partial charge in [-0.2, -0.15) is 0 Å². The summed E-state index contributed by atoms with van der Waals surface area (Å²) in [5, 5.41) is 0. The first kappa shape index (κ1) is 15.7. The molecule has 0 radical (unpaired) electrons. The third-order valence-corrected chi connectivity index (χ3v) is 3.99. The van der Waals surface area contributed by atoms with Crippen molar-refractivity contribution in [2.75, 3.05) is 38.2 Å². The molecule has 1 aromatic carbocycles. The van der Waals surface area contributed by atoms with Crippen LogP contribution in [0.15, 0.2) is 24.3 Å². The van der Waals surface area contributed by atoms with Crippen molar-refractivity contribution >= 4 is 11.6 Å². The van der Waals surface area contributed by atoms with Gasteiger partial charge in [0.2, 0.25) is 5.91 Å². The molecule has 0 saturated carbocycles.